The van der Waals surface area contributed by atoms with Gasteiger partial charge in [0.25, 0.3) is 6.43 Å². The molecule has 1 saturated heterocycles. The number of hydrogen-bond acceptors (Lipinski definition) is 3. The van der Waals surface area contributed by atoms with Crippen molar-refractivity contribution in [3.8, 4) is 11.1 Å². The topological polar surface area (TPSA) is 36.4 Å². The number of benzene rings is 1. The molecule has 8 heteroatoms. The zero-order valence-electron chi connectivity index (χ0n) is 14.4. The molecule has 1 N–H and O–H groups in total. The van der Waals surface area contributed by atoms with Crippen LogP contribution in [0.2, 0.25) is 0 Å². The number of alkyl halides is 5. The molecule has 0 radical (unpaired) electrons. The van der Waals surface area contributed by atoms with Crippen molar-refractivity contribution in [3.05, 3.63) is 52.8 Å². The smallest absolute Gasteiger partial charge is 0.392 e. The van der Waals surface area contributed by atoms with Crippen LogP contribution in [0, 0.1) is 0 Å². The molecule has 3 nitrogen and oxygen atoms in total. The number of rotatable bonds is 5. The maximum atomic E-state index is 13.7. The maximum absolute atomic E-state index is 13.7. The van der Waals surface area contributed by atoms with Crippen LogP contribution in [0.15, 0.2) is 30.3 Å². The van der Waals surface area contributed by atoms with Crippen LogP contribution in [0.5, 0.6) is 0 Å². The highest BCUT2D eigenvalue weighted by Gasteiger charge is 2.39. The molecular weight excluding hydrogens is 367 g/mol. The largest absolute Gasteiger partial charge is 0.433 e. The molecule has 1 aromatic heterocycles. The van der Waals surface area contributed by atoms with Crippen LogP contribution in [0.4, 0.5) is 22.0 Å². The van der Waals surface area contributed by atoms with Gasteiger partial charge >= 0.3 is 6.18 Å². The molecule has 2 heterocycles. The van der Waals surface area contributed by atoms with E-state index in [-0.39, 0.29) is 17.7 Å². The van der Waals surface area contributed by atoms with Crippen LogP contribution in [0.1, 0.15) is 41.8 Å². The third-order valence-electron chi connectivity index (χ3n) is 4.71. The number of aromatic nitrogens is 1. The number of nitrogens with zero attached hydrogens (tertiary/aromatic N) is 2. The van der Waals surface area contributed by atoms with Crippen molar-refractivity contribution in [2.45, 2.75) is 38.6 Å². The van der Waals surface area contributed by atoms with E-state index in [1.54, 1.807) is 30.3 Å². The van der Waals surface area contributed by atoms with Crippen LogP contribution in [0.3, 0.4) is 0 Å². The highest BCUT2D eigenvalue weighted by Crippen LogP contribution is 2.41. The van der Waals surface area contributed by atoms with E-state index in [1.165, 1.54) is 0 Å². The standard InChI is InChI=1S/C19H19F5N2O/c20-18(21)16-13(10-26-8-4-5-9-26)15(12-6-2-1-3-7-12)14(11-27)17(25-16)19(22,23)24/h1-3,6-7,18,27H,4-5,8-11H2. The Morgan fingerprint density at radius 3 is 2.19 bits per heavy atom. The van der Waals surface area contributed by atoms with E-state index in [4.69, 9.17) is 0 Å². The summed E-state index contributed by atoms with van der Waals surface area (Å²) in [5.74, 6) is 0. The third-order valence-corrected chi connectivity index (χ3v) is 4.71. The van der Waals surface area contributed by atoms with Gasteiger partial charge in [-0.15, -0.1) is 0 Å². The molecular formula is C19H19F5N2O. The molecule has 0 aliphatic carbocycles. The molecule has 0 bridgehead atoms. The second-order valence-corrected chi connectivity index (χ2v) is 6.48. The Hall–Kier alpha value is -2.06. The van der Waals surface area contributed by atoms with Crippen molar-refractivity contribution in [1.82, 2.24) is 9.88 Å². The van der Waals surface area contributed by atoms with Crippen LogP contribution >= 0.6 is 0 Å². The lowest BCUT2D eigenvalue weighted by Crippen LogP contribution is -2.23. The number of pyridine rings is 1. The molecule has 3 rings (SSSR count). The summed E-state index contributed by atoms with van der Waals surface area (Å²) in [5, 5.41) is 9.70. The number of hydrogen-bond donors (Lipinski definition) is 1. The summed E-state index contributed by atoms with van der Waals surface area (Å²) >= 11 is 0. The Morgan fingerprint density at radius 1 is 1.04 bits per heavy atom. The second-order valence-electron chi connectivity index (χ2n) is 6.48. The molecule has 0 spiro atoms. The quantitative estimate of drug-likeness (QED) is 0.751. The predicted octanol–water partition coefficient (Wildman–Crippen LogP) is 4.79. The number of aliphatic hydroxyl groups is 1. The summed E-state index contributed by atoms with van der Waals surface area (Å²) in [6, 6.07) is 8.02. The zero-order chi connectivity index (χ0) is 19.6. The van der Waals surface area contributed by atoms with E-state index < -0.39 is 36.2 Å². The lowest BCUT2D eigenvalue weighted by molar-refractivity contribution is -0.142. The van der Waals surface area contributed by atoms with Gasteiger partial charge in [-0.1, -0.05) is 30.3 Å². The highest BCUT2D eigenvalue weighted by atomic mass is 19.4. The van der Waals surface area contributed by atoms with Crippen LogP contribution in [0.25, 0.3) is 11.1 Å². The minimum atomic E-state index is -4.95. The fraction of sp³-hybridized carbons (Fsp3) is 0.421. The zero-order valence-corrected chi connectivity index (χ0v) is 14.4. The second kappa shape index (κ2) is 7.90. The van der Waals surface area contributed by atoms with Gasteiger partial charge in [-0.25, -0.2) is 13.8 Å². The van der Waals surface area contributed by atoms with E-state index in [0.29, 0.717) is 18.7 Å². The van der Waals surface area contributed by atoms with E-state index in [0.717, 1.165) is 12.8 Å². The SMILES string of the molecule is OCc1c(C(F)(F)F)nc(C(F)F)c(CN2CCCC2)c1-c1ccccc1. The normalized spacial score (nSPS) is 15.7. The highest BCUT2D eigenvalue weighted by molar-refractivity contribution is 5.73. The number of likely N-dealkylation sites (tertiary alicyclic amines) is 1. The number of aliphatic hydroxyl groups excluding tert-OH is 1. The summed E-state index contributed by atoms with van der Waals surface area (Å²) in [6.45, 7) is 0.503. The van der Waals surface area contributed by atoms with Crippen LogP contribution < -0.4 is 0 Å². The average molecular weight is 386 g/mol. The summed E-state index contributed by atoms with van der Waals surface area (Å²) < 4.78 is 67.8. The van der Waals surface area contributed by atoms with E-state index in [9.17, 15) is 27.1 Å². The molecule has 0 unspecified atom stereocenters. The Bertz CT molecular complexity index is 787. The summed E-state index contributed by atoms with van der Waals surface area (Å²) in [5.41, 5.74) is -2.38. The van der Waals surface area contributed by atoms with Crippen molar-refractivity contribution in [1.29, 1.82) is 0 Å². The Morgan fingerprint density at radius 2 is 1.67 bits per heavy atom. The molecule has 1 aromatic carbocycles. The van der Waals surface area contributed by atoms with Gasteiger partial charge in [-0.2, -0.15) is 13.2 Å². The Labute approximate surface area is 153 Å². The first-order chi connectivity index (χ1) is 12.8. The third kappa shape index (κ3) is 4.11. The number of halogens is 5. The summed E-state index contributed by atoms with van der Waals surface area (Å²) in [4.78, 5) is 5.20. The first kappa shape index (κ1) is 19.7. The van der Waals surface area contributed by atoms with Gasteiger partial charge in [0.1, 0.15) is 5.69 Å². The van der Waals surface area contributed by atoms with E-state index >= 15 is 0 Å². The van der Waals surface area contributed by atoms with Crippen molar-refractivity contribution in [2.75, 3.05) is 13.1 Å². The molecule has 1 aliphatic heterocycles. The monoisotopic (exact) mass is 386 g/mol. The minimum absolute atomic E-state index is 0.00243. The Balaban J connectivity index is 2.31. The summed E-state index contributed by atoms with van der Waals surface area (Å²) in [6.07, 6.45) is -6.28. The van der Waals surface area contributed by atoms with Gasteiger partial charge in [0, 0.05) is 17.7 Å². The van der Waals surface area contributed by atoms with Gasteiger partial charge in [0.05, 0.1) is 6.61 Å². The van der Waals surface area contributed by atoms with Crippen molar-refractivity contribution >= 4 is 0 Å². The van der Waals surface area contributed by atoms with Gasteiger partial charge in [-0.3, -0.25) is 4.90 Å². The molecule has 1 aliphatic rings. The fourth-order valence-corrected chi connectivity index (χ4v) is 3.53. The first-order valence-corrected chi connectivity index (χ1v) is 8.62. The average Bonchev–Trinajstić information content (AvgIpc) is 3.13. The minimum Gasteiger partial charge on any atom is -0.392 e. The van der Waals surface area contributed by atoms with Gasteiger partial charge in [0.15, 0.2) is 5.69 Å². The molecule has 0 atom stereocenters. The first-order valence-electron chi connectivity index (χ1n) is 8.62. The predicted molar refractivity (Wildman–Crippen MR) is 90.1 cm³/mol. The summed E-state index contributed by atoms with van der Waals surface area (Å²) in [7, 11) is 0. The van der Waals surface area contributed by atoms with E-state index in [2.05, 4.69) is 4.98 Å². The maximum Gasteiger partial charge on any atom is 0.433 e. The molecule has 146 valence electrons. The molecule has 1 fully saturated rings. The molecule has 2 aromatic rings. The fourth-order valence-electron chi connectivity index (χ4n) is 3.53. The molecule has 0 amide bonds. The lowest BCUT2D eigenvalue weighted by atomic mass is 9.91. The van der Waals surface area contributed by atoms with Crippen molar-refractivity contribution in [3.63, 3.8) is 0 Å². The van der Waals surface area contributed by atoms with Crippen molar-refractivity contribution < 1.29 is 27.1 Å². The van der Waals surface area contributed by atoms with Crippen molar-refractivity contribution in [2.24, 2.45) is 0 Å². The lowest BCUT2D eigenvalue weighted by Gasteiger charge is -2.24. The van der Waals surface area contributed by atoms with Crippen LogP contribution in [-0.2, 0) is 19.3 Å². The van der Waals surface area contributed by atoms with Gasteiger partial charge in [-0.05, 0) is 37.1 Å². The van der Waals surface area contributed by atoms with Crippen LogP contribution in [-0.4, -0.2) is 28.1 Å². The Kier molecular flexibility index (Phi) is 5.76. The molecule has 27 heavy (non-hydrogen) atoms. The molecule has 0 saturated carbocycles. The van der Waals surface area contributed by atoms with Gasteiger partial charge < -0.3 is 5.11 Å². The van der Waals surface area contributed by atoms with Gasteiger partial charge in [0.2, 0.25) is 0 Å². The van der Waals surface area contributed by atoms with E-state index in [1.807, 2.05) is 4.90 Å².